The Hall–Kier alpha value is -2.90. The maximum absolute atomic E-state index is 12.2. The van der Waals surface area contributed by atoms with Gasteiger partial charge in [-0.2, -0.15) is 5.10 Å². The van der Waals surface area contributed by atoms with E-state index in [0.717, 1.165) is 0 Å². The Morgan fingerprint density at radius 3 is 2.48 bits per heavy atom. The van der Waals surface area contributed by atoms with Crippen molar-refractivity contribution in [2.24, 2.45) is 0 Å². The van der Waals surface area contributed by atoms with E-state index in [1.54, 1.807) is 24.3 Å². The number of nitro groups is 1. The van der Waals surface area contributed by atoms with Crippen LogP contribution in [0.3, 0.4) is 0 Å². The molecular formula is C16H10Cl2N4O3. The largest absolute Gasteiger partial charge is 0.321 e. The van der Waals surface area contributed by atoms with Crippen LogP contribution < -0.4 is 5.32 Å². The standard InChI is InChI=1S/C16H10Cl2N4O3/c17-9-1-6-12(13(18)7-9)14-8-15(21-20-14)16(23)19-10-2-4-11(5-3-10)22(24)25/h1-8H,(H,19,23)(H,20,21). The number of hydrogen-bond donors (Lipinski definition) is 2. The van der Waals surface area contributed by atoms with Crippen LogP contribution in [0.5, 0.6) is 0 Å². The zero-order valence-corrected chi connectivity index (χ0v) is 14.0. The predicted molar refractivity (Wildman–Crippen MR) is 95.1 cm³/mol. The molecule has 0 fully saturated rings. The number of hydrogen-bond acceptors (Lipinski definition) is 4. The van der Waals surface area contributed by atoms with Gasteiger partial charge in [-0.1, -0.05) is 23.2 Å². The summed E-state index contributed by atoms with van der Waals surface area (Å²) in [5.74, 6) is -0.433. The van der Waals surface area contributed by atoms with Gasteiger partial charge in [-0.25, -0.2) is 0 Å². The first-order valence-electron chi connectivity index (χ1n) is 7.00. The van der Waals surface area contributed by atoms with Crippen molar-refractivity contribution in [2.75, 3.05) is 5.32 Å². The Morgan fingerprint density at radius 2 is 1.84 bits per heavy atom. The fraction of sp³-hybridized carbons (Fsp3) is 0. The van der Waals surface area contributed by atoms with Crippen molar-refractivity contribution >= 4 is 40.5 Å². The minimum atomic E-state index is -0.511. The van der Waals surface area contributed by atoms with E-state index in [-0.39, 0.29) is 11.4 Å². The van der Waals surface area contributed by atoms with Crippen LogP contribution in [-0.2, 0) is 0 Å². The number of rotatable bonds is 4. The first kappa shape index (κ1) is 16.9. The molecule has 1 amide bonds. The molecule has 2 aromatic carbocycles. The minimum absolute atomic E-state index is 0.0563. The summed E-state index contributed by atoms with van der Waals surface area (Å²) in [6.45, 7) is 0. The van der Waals surface area contributed by atoms with E-state index in [4.69, 9.17) is 23.2 Å². The van der Waals surface area contributed by atoms with Crippen LogP contribution in [0.15, 0.2) is 48.5 Å². The summed E-state index contributed by atoms with van der Waals surface area (Å²) in [5, 5.41) is 20.9. The van der Waals surface area contributed by atoms with Crippen LogP contribution in [0.4, 0.5) is 11.4 Å². The van der Waals surface area contributed by atoms with Crippen molar-refractivity contribution in [3.63, 3.8) is 0 Å². The van der Waals surface area contributed by atoms with Gasteiger partial charge in [-0.05, 0) is 36.4 Å². The quantitative estimate of drug-likeness (QED) is 0.515. The molecule has 0 saturated heterocycles. The number of H-pyrrole nitrogens is 1. The topological polar surface area (TPSA) is 101 Å². The van der Waals surface area contributed by atoms with Crippen LogP contribution >= 0.6 is 23.2 Å². The second kappa shape index (κ2) is 6.92. The van der Waals surface area contributed by atoms with E-state index in [9.17, 15) is 14.9 Å². The molecule has 1 aromatic heterocycles. The van der Waals surface area contributed by atoms with Crippen molar-refractivity contribution in [2.45, 2.75) is 0 Å². The molecule has 7 nitrogen and oxygen atoms in total. The average molecular weight is 377 g/mol. The molecule has 0 aliphatic rings. The van der Waals surface area contributed by atoms with E-state index < -0.39 is 10.8 Å². The number of carbonyl (C=O) groups excluding carboxylic acids is 1. The first-order chi connectivity index (χ1) is 11.9. The van der Waals surface area contributed by atoms with Crippen LogP contribution in [0.1, 0.15) is 10.5 Å². The predicted octanol–water partition coefficient (Wildman–Crippen LogP) is 4.54. The van der Waals surface area contributed by atoms with Crippen LogP contribution in [0, 0.1) is 10.1 Å². The highest BCUT2D eigenvalue weighted by Crippen LogP contribution is 2.29. The number of non-ortho nitro benzene ring substituents is 1. The highest BCUT2D eigenvalue weighted by molar-refractivity contribution is 6.36. The summed E-state index contributed by atoms with van der Waals surface area (Å²) in [6, 6.07) is 12.0. The number of nitrogens with one attached hydrogen (secondary N) is 2. The Balaban J connectivity index is 1.77. The number of nitrogens with zero attached hydrogens (tertiary/aromatic N) is 2. The average Bonchev–Trinajstić information content (AvgIpc) is 3.05. The van der Waals surface area contributed by atoms with Gasteiger partial charge < -0.3 is 5.32 Å². The summed E-state index contributed by atoms with van der Waals surface area (Å²) < 4.78 is 0. The normalized spacial score (nSPS) is 10.5. The van der Waals surface area contributed by atoms with Crippen LogP contribution in [-0.4, -0.2) is 21.0 Å². The number of carbonyl (C=O) groups is 1. The summed E-state index contributed by atoms with van der Waals surface area (Å²) in [6.07, 6.45) is 0. The second-order valence-corrected chi connectivity index (χ2v) is 5.89. The fourth-order valence-corrected chi connectivity index (χ4v) is 2.64. The first-order valence-corrected chi connectivity index (χ1v) is 7.76. The smallest absolute Gasteiger partial charge is 0.273 e. The van der Waals surface area contributed by atoms with E-state index >= 15 is 0 Å². The summed E-state index contributed by atoms with van der Waals surface area (Å²) in [5.41, 5.74) is 1.72. The zero-order valence-electron chi connectivity index (χ0n) is 12.5. The Labute approximate surface area is 151 Å². The molecule has 0 atom stereocenters. The van der Waals surface area contributed by atoms with Crippen molar-refractivity contribution < 1.29 is 9.72 Å². The van der Waals surface area contributed by atoms with E-state index in [1.165, 1.54) is 24.3 Å². The van der Waals surface area contributed by atoms with Gasteiger partial charge in [0.25, 0.3) is 11.6 Å². The third-order valence-corrected chi connectivity index (χ3v) is 3.91. The Morgan fingerprint density at radius 1 is 1.12 bits per heavy atom. The van der Waals surface area contributed by atoms with Gasteiger partial charge in [-0.3, -0.25) is 20.0 Å². The summed E-state index contributed by atoms with van der Waals surface area (Å²) >= 11 is 12.0. The van der Waals surface area contributed by atoms with Gasteiger partial charge in [0.2, 0.25) is 0 Å². The highest BCUT2D eigenvalue weighted by Gasteiger charge is 2.14. The molecule has 0 radical (unpaired) electrons. The third-order valence-electron chi connectivity index (χ3n) is 3.37. The monoisotopic (exact) mass is 376 g/mol. The van der Waals surface area contributed by atoms with Crippen molar-refractivity contribution in [1.82, 2.24) is 10.2 Å². The molecule has 1 heterocycles. The van der Waals surface area contributed by atoms with Crippen molar-refractivity contribution in [3.8, 4) is 11.3 Å². The summed E-state index contributed by atoms with van der Waals surface area (Å²) in [4.78, 5) is 22.4. The number of halogens is 2. The van der Waals surface area contributed by atoms with Gasteiger partial charge in [0.1, 0.15) is 5.69 Å². The highest BCUT2D eigenvalue weighted by atomic mass is 35.5. The number of amides is 1. The molecule has 0 aliphatic carbocycles. The van der Waals surface area contributed by atoms with Crippen molar-refractivity contribution in [1.29, 1.82) is 0 Å². The molecule has 126 valence electrons. The molecule has 25 heavy (non-hydrogen) atoms. The Bertz CT molecular complexity index is 954. The SMILES string of the molecule is O=C(Nc1ccc([N+](=O)[O-])cc1)c1cc(-c2ccc(Cl)cc2Cl)n[nH]1. The van der Waals surface area contributed by atoms with Gasteiger partial charge in [0, 0.05) is 28.4 Å². The molecule has 0 bridgehead atoms. The molecule has 3 aromatic rings. The zero-order chi connectivity index (χ0) is 18.0. The number of anilines is 1. The molecule has 0 spiro atoms. The lowest BCUT2D eigenvalue weighted by Crippen LogP contribution is -2.12. The number of nitro benzene ring substituents is 1. The molecule has 0 aliphatic heterocycles. The fourth-order valence-electron chi connectivity index (χ4n) is 2.14. The van der Waals surface area contributed by atoms with Gasteiger partial charge in [-0.15, -0.1) is 0 Å². The van der Waals surface area contributed by atoms with Crippen LogP contribution in [0.25, 0.3) is 11.3 Å². The molecule has 2 N–H and O–H groups in total. The second-order valence-electron chi connectivity index (χ2n) is 5.05. The lowest BCUT2D eigenvalue weighted by atomic mass is 10.1. The van der Waals surface area contributed by atoms with E-state index in [0.29, 0.717) is 27.0 Å². The molecule has 3 rings (SSSR count). The summed E-state index contributed by atoms with van der Waals surface area (Å²) in [7, 11) is 0. The number of aromatic nitrogens is 2. The maximum atomic E-state index is 12.2. The number of aromatic amines is 1. The Kier molecular flexibility index (Phi) is 4.69. The maximum Gasteiger partial charge on any atom is 0.273 e. The lowest BCUT2D eigenvalue weighted by molar-refractivity contribution is -0.384. The third kappa shape index (κ3) is 3.78. The van der Waals surface area contributed by atoms with E-state index in [1.807, 2.05) is 0 Å². The molecular weight excluding hydrogens is 367 g/mol. The molecule has 0 saturated carbocycles. The van der Waals surface area contributed by atoms with Gasteiger partial charge in [0.05, 0.1) is 15.6 Å². The number of benzene rings is 2. The van der Waals surface area contributed by atoms with E-state index in [2.05, 4.69) is 15.5 Å². The molecule has 9 heteroatoms. The lowest BCUT2D eigenvalue weighted by Gasteiger charge is -2.02. The van der Waals surface area contributed by atoms with Crippen LogP contribution in [0.2, 0.25) is 10.0 Å². The molecule has 0 unspecified atom stereocenters. The van der Waals surface area contributed by atoms with Gasteiger partial charge in [0.15, 0.2) is 0 Å². The van der Waals surface area contributed by atoms with Crippen molar-refractivity contribution in [3.05, 3.63) is 74.4 Å². The van der Waals surface area contributed by atoms with Gasteiger partial charge >= 0.3 is 0 Å². The minimum Gasteiger partial charge on any atom is -0.321 e.